The van der Waals surface area contributed by atoms with Crippen LogP contribution in [0, 0.1) is 0 Å². The number of nitrogens with zero attached hydrogens (tertiary/aromatic N) is 1. The highest BCUT2D eigenvalue weighted by Gasteiger charge is 1.99. The van der Waals surface area contributed by atoms with Gasteiger partial charge in [0.2, 0.25) is 0 Å². The fourth-order valence-corrected chi connectivity index (χ4v) is 2.23. The first-order valence-electron chi connectivity index (χ1n) is 7.24. The molecule has 112 valence electrons. The summed E-state index contributed by atoms with van der Waals surface area (Å²) >= 11 is 5.86. The molecule has 21 heavy (non-hydrogen) atoms. The maximum Gasteiger partial charge on any atom is 0.119 e. The van der Waals surface area contributed by atoms with Crippen LogP contribution in [0.15, 0.2) is 48.5 Å². The van der Waals surface area contributed by atoms with Gasteiger partial charge in [-0.25, -0.2) is 0 Å². The molecule has 0 bridgehead atoms. The van der Waals surface area contributed by atoms with Gasteiger partial charge in [-0.05, 0) is 68.9 Å². The Hall–Kier alpha value is -1.51. The largest absolute Gasteiger partial charge is 0.489 e. The van der Waals surface area contributed by atoms with Gasteiger partial charge in [-0.3, -0.25) is 0 Å². The molecule has 0 fully saturated rings. The summed E-state index contributed by atoms with van der Waals surface area (Å²) in [6.45, 7) is 1.69. The molecule has 0 atom stereocenters. The van der Waals surface area contributed by atoms with Gasteiger partial charge in [-0.2, -0.15) is 0 Å². The molecule has 0 unspecified atom stereocenters. The topological polar surface area (TPSA) is 12.5 Å². The van der Waals surface area contributed by atoms with E-state index in [-0.39, 0.29) is 0 Å². The van der Waals surface area contributed by atoms with Crippen LogP contribution in [0.3, 0.4) is 0 Å². The fourth-order valence-electron chi connectivity index (χ4n) is 2.10. The molecule has 0 spiro atoms. The molecule has 0 saturated carbocycles. The summed E-state index contributed by atoms with van der Waals surface area (Å²) < 4.78 is 5.78. The standard InChI is InChI=1S/C18H22ClNO/c1-20(2)13-3-4-15-7-11-18(12-8-15)21-14-16-5-9-17(19)10-6-16/h5-12H,3-4,13-14H2,1-2H3. The predicted molar refractivity (Wildman–Crippen MR) is 89.1 cm³/mol. The smallest absolute Gasteiger partial charge is 0.119 e. The van der Waals surface area contributed by atoms with Crippen molar-refractivity contribution in [2.24, 2.45) is 0 Å². The first-order valence-corrected chi connectivity index (χ1v) is 7.62. The van der Waals surface area contributed by atoms with Crippen molar-refractivity contribution in [1.29, 1.82) is 0 Å². The highest BCUT2D eigenvalue weighted by Crippen LogP contribution is 2.16. The highest BCUT2D eigenvalue weighted by molar-refractivity contribution is 6.30. The van der Waals surface area contributed by atoms with Gasteiger partial charge in [-0.1, -0.05) is 35.9 Å². The molecular formula is C18H22ClNO. The second kappa shape index (κ2) is 8.06. The summed E-state index contributed by atoms with van der Waals surface area (Å²) in [4.78, 5) is 2.21. The molecule has 0 heterocycles. The normalized spacial score (nSPS) is 10.9. The number of ether oxygens (including phenoxy) is 1. The van der Waals surface area contributed by atoms with Gasteiger partial charge >= 0.3 is 0 Å². The van der Waals surface area contributed by atoms with E-state index in [4.69, 9.17) is 16.3 Å². The maximum atomic E-state index is 5.86. The van der Waals surface area contributed by atoms with Crippen LogP contribution in [0.4, 0.5) is 0 Å². The number of hydrogen-bond donors (Lipinski definition) is 0. The van der Waals surface area contributed by atoms with Crippen LogP contribution in [0.1, 0.15) is 17.5 Å². The zero-order chi connectivity index (χ0) is 15.1. The Bertz CT molecular complexity index is 534. The summed E-state index contributed by atoms with van der Waals surface area (Å²) in [5.74, 6) is 0.904. The van der Waals surface area contributed by atoms with Gasteiger partial charge in [0.15, 0.2) is 0 Å². The van der Waals surface area contributed by atoms with E-state index in [1.807, 2.05) is 36.4 Å². The molecule has 0 radical (unpaired) electrons. The Kier molecular flexibility index (Phi) is 6.09. The van der Waals surface area contributed by atoms with Crippen LogP contribution in [-0.2, 0) is 13.0 Å². The van der Waals surface area contributed by atoms with E-state index < -0.39 is 0 Å². The lowest BCUT2D eigenvalue weighted by atomic mass is 10.1. The molecule has 0 saturated heterocycles. The molecule has 2 nitrogen and oxygen atoms in total. The quantitative estimate of drug-likeness (QED) is 0.751. The van der Waals surface area contributed by atoms with Crippen molar-refractivity contribution in [3.63, 3.8) is 0 Å². The molecule has 2 aromatic carbocycles. The van der Waals surface area contributed by atoms with Gasteiger partial charge in [-0.15, -0.1) is 0 Å². The lowest BCUT2D eigenvalue weighted by Gasteiger charge is -2.10. The third kappa shape index (κ3) is 5.78. The number of hydrogen-bond acceptors (Lipinski definition) is 2. The summed E-state index contributed by atoms with van der Waals surface area (Å²) in [6.07, 6.45) is 2.29. The first kappa shape index (κ1) is 15.9. The molecular weight excluding hydrogens is 282 g/mol. The molecule has 2 rings (SSSR count). The number of benzene rings is 2. The van der Waals surface area contributed by atoms with Crippen LogP contribution in [0.2, 0.25) is 5.02 Å². The van der Waals surface area contributed by atoms with Gasteiger partial charge in [0.25, 0.3) is 0 Å². The van der Waals surface area contributed by atoms with E-state index in [2.05, 4.69) is 31.1 Å². The van der Waals surface area contributed by atoms with Crippen molar-refractivity contribution in [2.45, 2.75) is 19.4 Å². The van der Waals surface area contributed by atoms with E-state index in [0.717, 1.165) is 29.3 Å². The fraction of sp³-hybridized carbons (Fsp3) is 0.333. The molecule has 0 aliphatic carbocycles. The van der Waals surface area contributed by atoms with Crippen molar-refractivity contribution >= 4 is 11.6 Å². The molecule has 0 aliphatic heterocycles. The Labute approximate surface area is 132 Å². The van der Waals surface area contributed by atoms with E-state index in [9.17, 15) is 0 Å². The molecule has 0 N–H and O–H groups in total. The summed E-state index contributed by atoms with van der Waals surface area (Å²) in [5.41, 5.74) is 2.48. The molecule has 0 amide bonds. The SMILES string of the molecule is CN(C)CCCc1ccc(OCc2ccc(Cl)cc2)cc1. The Morgan fingerprint density at radius 3 is 2.14 bits per heavy atom. The molecule has 3 heteroatoms. The third-order valence-electron chi connectivity index (χ3n) is 3.31. The summed E-state index contributed by atoms with van der Waals surface area (Å²) in [5, 5.41) is 0.751. The van der Waals surface area contributed by atoms with Crippen LogP contribution in [0.25, 0.3) is 0 Å². The first-order chi connectivity index (χ1) is 10.1. The monoisotopic (exact) mass is 303 g/mol. The van der Waals surface area contributed by atoms with E-state index in [0.29, 0.717) is 6.61 Å². The second-order valence-corrected chi connectivity index (χ2v) is 5.90. The Morgan fingerprint density at radius 1 is 0.905 bits per heavy atom. The molecule has 2 aromatic rings. The zero-order valence-electron chi connectivity index (χ0n) is 12.7. The lowest BCUT2D eigenvalue weighted by molar-refractivity contribution is 0.306. The van der Waals surface area contributed by atoms with Crippen molar-refractivity contribution in [3.05, 3.63) is 64.7 Å². The number of halogens is 1. The van der Waals surface area contributed by atoms with Gasteiger partial charge in [0, 0.05) is 5.02 Å². The molecule has 0 aromatic heterocycles. The van der Waals surface area contributed by atoms with Crippen molar-refractivity contribution in [2.75, 3.05) is 20.6 Å². The minimum Gasteiger partial charge on any atom is -0.489 e. The predicted octanol–water partition coefficient (Wildman–Crippen LogP) is 4.41. The molecule has 0 aliphatic rings. The average molecular weight is 304 g/mol. The van der Waals surface area contributed by atoms with E-state index >= 15 is 0 Å². The van der Waals surface area contributed by atoms with E-state index in [1.54, 1.807) is 0 Å². The van der Waals surface area contributed by atoms with Gasteiger partial charge in [0.05, 0.1) is 0 Å². The number of rotatable bonds is 7. The van der Waals surface area contributed by atoms with Crippen molar-refractivity contribution in [3.8, 4) is 5.75 Å². The van der Waals surface area contributed by atoms with Gasteiger partial charge < -0.3 is 9.64 Å². The van der Waals surface area contributed by atoms with Crippen molar-refractivity contribution in [1.82, 2.24) is 4.90 Å². The minimum absolute atomic E-state index is 0.567. The maximum absolute atomic E-state index is 5.86. The van der Waals surface area contributed by atoms with Gasteiger partial charge in [0.1, 0.15) is 12.4 Å². The second-order valence-electron chi connectivity index (χ2n) is 5.47. The average Bonchev–Trinajstić information content (AvgIpc) is 2.48. The van der Waals surface area contributed by atoms with Crippen LogP contribution >= 0.6 is 11.6 Å². The minimum atomic E-state index is 0.567. The van der Waals surface area contributed by atoms with Crippen LogP contribution in [-0.4, -0.2) is 25.5 Å². The highest BCUT2D eigenvalue weighted by atomic mass is 35.5. The van der Waals surface area contributed by atoms with E-state index in [1.165, 1.54) is 12.0 Å². The third-order valence-corrected chi connectivity index (χ3v) is 3.56. The summed E-state index contributed by atoms with van der Waals surface area (Å²) in [6, 6.07) is 16.1. The van der Waals surface area contributed by atoms with Crippen LogP contribution in [0.5, 0.6) is 5.75 Å². The lowest BCUT2D eigenvalue weighted by Crippen LogP contribution is -2.13. The van der Waals surface area contributed by atoms with Crippen LogP contribution < -0.4 is 4.74 Å². The Morgan fingerprint density at radius 2 is 1.52 bits per heavy atom. The number of aryl methyl sites for hydroxylation is 1. The Balaban J connectivity index is 1.80. The zero-order valence-corrected chi connectivity index (χ0v) is 13.4. The summed E-state index contributed by atoms with van der Waals surface area (Å²) in [7, 11) is 4.21. The van der Waals surface area contributed by atoms with Crippen molar-refractivity contribution < 1.29 is 4.74 Å².